The Hall–Kier alpha value is -1.73. The molecule has 0 unspecified atom stereocenters. The Labute approximate surface area is 110 Å². The second-order valence-electron chi connectivity index (χ2n) is 4.40. The number of piperazine rings is 1. The molecule has 7 heteroatoms. The summed E-state index contributed by atoms with van der Waals surface area (Å²) in [6, 6.07) is 1.18. The number of halogens is 1. The summed E-state index contributed by atoms with van der Waals surface area (Å²) in [5.74, 6) is -0.330. The van der Waals surface area contributed by atoms with E-state index in [1.165, 1.54) is 12.3 Å². The first-order valence-electron chi connectivity index (χ1n) is 6.04. The van der Waals surface area contributed by atoms with E-state index in [-0.39, 0.29) is 11.4 Å². The van der Waals surface area contributed by atoms with E-state index < -0.39 is 18.5 Å². The highest BCUT2D eigenvalue weighted by Crippen LogP contribution is 2.21. The van der Waals surface area contributed by atoms with Gasteiger partial charge < -0.3 is 20.0 Å². The van der Waals surface area contributed by atoms with Crippen LogP contribution in [-0.2, 0) is 4.79 Å². The Morgan fingerprint density at radius 2 is 2.11 bits per heavy atom. The lowest BCUT2D eigenvalue weighted by Gasteiger charge is -2.33. The fourth-order valence-electron chi connectivity index (χ4n) is 2.00. The Morgan fingerprint density at radius 3 is 2.63 bits per heavy atom. The van der Waals surface area contributed by atoms with Crippen molar-refractivity contribution >= 4 is 12.2 Å². The van der Waals surface area contributed by atoms with Crippen molar-refractivity contribution in [2.75, 3.05) is 37.7 Å². The fraction of sp³-hybridized carbons (Fsp3) is 0.500. The second-order valence-corrected chi connectivity index (χ2v) is 4.40. The van der Waals surface area contributed by atoms with Crippen LogP contribution in [0.2, 0.25) is 0 Å². The van der Waals surface area contributed by atoms with Crippen LogP contribution >= 0.6 is 0 Å². The molecule has 0 aromatic carbocycles. The number of aromatic nitrogens is 1. The molecule has 1 aliphatic rings. The third kappa shape index (κ3) is 2.99. The maximum atomic E-state index is 13.9. The van der Waals surface area contributed by atoms with Gasteiger partial charge in [0.1, 0.15) is 6.10 Å². The molecule has 0 saturated carbocycles. The summed E-state index contributed by atoms with van der Waals surface area (Å²) in [5, 5.41) is 18.2. The standard InChI is InChI=1S/C12H16FN3O3/c13-10-5-9(11(19)7-17)6-14-12(10)16-3-1-15(8-18)2-4-16/h5-6,8,11,17,19H,1-4,7H2/t11-/m0/s1. The zero-order valence-electron chi connectivity index (χ0n) is 10.4. The Balaban J connectivity index is 2.11. The second kappa shape index (κ2) is 5.94. The van der Waals surface area contributed by atoms with Gasteiger partial charge in [-0.2, -0.15) is 0 Å². The molecule has 1 aromatic heterocycles. The van der Waals surface area contributed by atoms with Gasteiger partial charge in [0.2, 0.25) is 6.41 Å². The molecule has 2 heterocycles. The van der Waals surface area contributed by atoms with Crippen LogP contribution in [0.4, 0.5) is 10.2 Å². The van der Waals surface area contributed by atoms with Crippen molar-refractivity contribution in [2.45, 2.75) is 6.10 Å². The number of rotatable bonds is 4. The van der Waals surface area contributed by atoms with Crippen LogP contribution in [-0.4, -0.2) is 59.3 Å². The third-order valence-electron chi connectivity index (χ3n) is 3.16. The molecule has 2 N–H and O–H groups in total. The van der Waals surface area contributed by atoms with Gasteiger partial charge in [0.05, 0.1) is 6.61 Å². The quantitative estimate of drug-likeness (QED) is 0.722. The molecule has 6 nitrogen and oxygen atoms in total. The predicted octanol–water partition coefficient (Wildman–Crippen LogP) is -0.475. The zero-order valence-corrected chi connectivity index (χ0v) is 10.4. The van der Waals surface area contributed by atoms with Crippen LogP contribution in [0.3, 0.4) is 0 Å². The predicted molar refractivity (Wildman–Crippen MR) is 66.1 cm³/mol. The number of pyridine rings is 1. The number of nitrogens with zero attached hydrogens (tertiary/aromatic N) is 3. The van der Waals surface area contributed by atoms with Crippen molar-refractivity contribution < 1.29 is 19.4 Å². The minimum atomic E-state index is -1.12. The molecule has 0 radical (unpaired) electrons. The smallest absolute Gasteiger partial charge is 0.209 e. The van der Waals surface area contributed by atoms with Crippen LogP contribution < -0.4 is 4.90 Å². The highest BCUT2D eigenvalue weighted by molar-refractivity contribution is 5.49. The molecule has 1 amide bonds. The minimum Gasteiger partial charge on any atom is -0.393 e. The molecule has 1 aromatic rings. The highest BCUT2D eigenvalue weighted by atomic mass is 19.1. The molecule has 19 heavy (non-hydrogen) atoms. The van der Waals surface area contributed by atoms with E-state index in [0.717, 1.165) is 6.41 Å². The van der Waals surface area contributed by atoms with Crippen LogP contribution in [0.5, 0.6) is 0 Å². The van der Waals surface area contributed by atoms with E-state index in [0.29, 0.717) is 26.2 Å². The number of carbonyl (C=O) groups is 1. The molecule has 0 spiro atoms. The number of aliphatic hydroxyl groups is 2. The normalized spacial score (nSPS) is 17.4. The average molecular weight is 269 g/mol. The number of hydrogen-bond donors (Lipinski definition) is 2. The lowest BCUT2D eigenvalue weighted by molar-refractivity contribution is -0.118. The minimum absolute atomic E-state index is 0.208. The first-order valence-corrected chi connectivity index (χ1v) is 6.04. The lowest BCUT2D eigenvalue weighted by Crippen LogP contribution is -2.46. The van der Waals surface area contributed by atoms with E-state index in [9.17, 15) is 14.3 Å². The molecular formula is C12H16FN3O3. The zero-order chi connectivity index (χ0) is 13.8. The molecular weight excluding hydrogens is 253 g/mol. The maximum Gasteiger partial charge on any atom is 0.209 e. The van der Waals surface area contributed by atoms with E-state index >= 15 is 0 Å². The first kappa shape index (κ1) is 13.7. The van der Waals surface area contributed by atoms with Crippen molar-refractivity contribution in [3.05, 3.63) is 23.6 Å². The third-order valence-corrected chi connectivity index (χ3v) is 3.16. The molecule has 1 saturated heterocycles. The highest BCUT2D eigenvalue weighted by Gasteiger charge is 2.20. The first-order chi connectivity index (χ1) is 9.15. The van der Waals surface area contributed by atoms with Gasteiger partial charge in [0, 0.05) is 37.9 Å². The SMILES string of the molecule is O=CN1CCN(c2ncc([C@@H](O)CO)cc2F)CC1. The molecule has 1 atom stereocenters. The Bertz CT molecular complexity index is 450. The van der Waals surface area contributed by atoms with Crippen LogP contribution in [0, 0.1) is 5.82 Å². The van der Waals surface area contributed by atoms with Crippen molar-refractivity contribution in [3.8, 4) is 0 Å². The molecule has 1 fully saturated rings. The Kier molecular flexibility index (Phi) is 4.28. The number of anilines is 1. The van der Waals surface area contributed by atoms with Crippen molar-refractivity contribution in [3.63, 3.8) is 0 Å². The topological polar surface area (TPSA) is 76.9 Å². The number of carbonyl (C=O) groups excluding carboxylic acids is 1. The van der Waals surface area contributed by atoms with Crippen molar-refractivity contribution in [2.24, 2.45) is 0 Å². The van der Waals surface area contributed by atoms with Crippen molar-refractivity contribution in [1.29, 1.82) is 0 Å². The van der Waals surface area contributed by atoms with Gasteiger partial charge in [-0.15, -0.1) is 0 Å². The fourth-order valence-corrected chi connectivity index (χ4v) is 2.00. The van der Waals surface area contributed by atoms with Crippen LogP contribution in [0.15, 0.2) is 12.3 Å². The summed E-state index contributed by atoms with van der Waals surface area (Å²) in [4.78, 5) is 18.0. The summed E-state index contributed by atoms with van der Waals surface area (Å²) in [5.41, 5.74) is 0.246. The molecule has 2 rings (SSSR count). The van der Waals surface area contributed by atoms with E-state index in [4.69, 9.17) is 5.11 Å². The summed E-state index contributed by atoms with van der Waals surface area (Å²) < 4.78 is 13.9. The van der Waals surface area contributed by atoms with Gasteiger partial charge in [0.15, 0.2) is 11.6 Å². The monoisotopic (exact) mass is 269 g/mol. The molecule has 1 aliphatic heterocycles. The van der Waals surface area contributed by atoms with E-state index in [2.05, 4.69) is 4.98 Å². The number of amides is 1. The van der Waals surface area contributed by atoms with Gasteiger partial charge in [-0.1, -0.05) is 0 Å². The summed E-state index contributed by atoms with van der Waals surface area (Å²) in [7, 11) is 0. The largest absolute Gasteiger partial charge is 0.393 e. The summed E-state index contributed by atoms with van der Waals surface area (Å²) in [6.07, 6.45) is 1.01. The van der Waals surface area contributed by atoms with E-state index in [1.807, 2.05) is 0 Å². The van der Waals surface area contributed by atoms with E-state index in [1.54, 1.807) is 9.80 Å². The number of aliphatic hydroxyl groups excluding tert-OH is 2. The van der Waals surface area contributed by atoms with Gasteiger partial charge in [-0.05, 0) is 6.07 Å². The van der Waals surface area contributed by atoms with Gasteiger partial charge >= 0.3 is 0 Å². The maximum absolute atomic E-state index is 13.9. The summed E-state index contributed by atoms with van der Waals surface area (Å²) in [6.45, 7) is 1.63. The molecule has 0 bridgehead atoms. The molecule has 0 aliphatic carbocycles. The van der Waals surface area contributed by atoms with Gasteiger partial charge in [-0.3, -0.25) is 4.79 Å². The van der Waals surface area contributed by atoms with Crippen LogP contribution in [0.1, 0.15) is 11.7 Å². The molecule has 104 valence electrons. The van der Waals surface area contributed by atoms with Gasteiger partial charge in [0.25, 0.3) is 0 Å². The lowest BCUT2D eigenvalue weighted by atomic mass is 10.1. The number of hydrogen-bond acceptors (Lipinski definition) is 5. The van der Waals surface area contributed by atoms with Crippen molar-refractivity contribution in [1.82, 2.24) is 9.88 Å². The Morgan fingerprint density at radius 1 is 1.42 bits per heavy atom. The average Bonchev–Trinajstić information content (AvgIpc) is 2.46. The summed E-state index contributed by atoms with van der Waals surface area (Å²) >= 11 is 0. The van der Waals surface area contributed by atoms with Gasteiger partial charge in [-0.25, -0.2) is 9.37 Å². The van der Waals surface area contributed by atoms with Crippen LogP contribution in [0.25, 0.3) is 0 Å².